The summed E-state index contributed by atoms with van der Waals surface area (Å²) >= 11 is 3.10. The second-order valence-electron chi connectivity index (χ2n) is 6.94. The van der Waals surface area contributed by atoms with Gasteiger partial charge in [-0.05, 0) is 49.6 Å². The van der Waals surface area contributed by atoms with Crippen molar-refractivity contribution in [2.45, 2.75) is 31.0 Å². The summed E-state index contributed by atoms with van der Waals surface area (Å²) in [4.78, 5) is 23.7. The number of rotatable bonds is 5. The molecule has 1 atom stereocenters. The van der Waals surface area contributed by atoms with E-state index in [1.807, 2.05) is 57.2 Å². The van der Waals surface area contributed by atoms with Gasteiger partial charge in [0.1, 0.15) is 16.2 Å². The molecule has 1 N–H and O–H groups in total. The highest BCUT2D eigenvalue weighted by Crippen LogP contribution is 2.37. The number of carbonyl (C=O) groups is 1. The number of anilines is 1. The van der Waals surface area contributed by atoms with Gasteiger partial charge < -0.3 is 5.32 Å². The molecule has 29 heavy (non-hydrogen) atoms. The molecule has 0 radical (unpaired) electrons. The first-order valence-electron chi connectivity index (χ1n) is 9.36. The second kappa shape index (κ2) is 8.35. The molecule has 0 fully saturated rings. The zero-order valence-corrected chi connectivity index (χ0v) is 18.1. The van der Waals surface area contributed by atoms with Gasteiger partial charge in [0.15, 0.2) is 0 Å². The maximum absolute atomic E-state index is 12.8. The molecule has 4 aromatic rings. The van der Waals surface area contributed by atoms with Crippen LogP contribution in [0.3, 0.4) is 0 Å². The number of fused-ring (bicyclic) bond motifs is 1. The first-order valence-corrected chi connectivity index (χ1v) is 11.1. The number of carbonyl (C=O) groups excluding carboxylic acids is 1. The summed E-state index contributed by atoms with van der Waals surface area (Å²) in [7, 11) is 0. The Hall–Kier alpha value is -2.70. The van der Waals surface area contributed by atoms with Gasteiger partial charge in [0.2, 0.25) is 5.91 Å². The quantitative estimate of drug-likeness (QED) is 0.314. The van der Waals surface area contributed by atoms with Crippen LogP contribution in [-0.4, -0.2) is 21.1 Å². The van der Waals surface area contributed by atoms with Gasteiger partial charge in [-0.3, -0.25) is 4.79 Å². The maximum Gasteiger partial charge on any atom is 0.237 e. The van der Waals surface area contributed by atoms with Crippen LogP contribution in [0.4, 0.5) is 5.69 Å². The highest BCUT2D eigenvalue weighted by molar-refractivity contribution is 8.00. The van der Waals surface area contributed by atoms with Crippen molar-refractivity contribution < 1.29 is 4.79 Å². The van der Waals surface area contributed by atoms with E-state index in [0.717, 1.165) is 42.5 Å². The summed E-state index contributed by atoms with van der Waals surface area (Å²) in [5, 5.41) is 4.59. The van der Waals surface area contributed by atoms with Gasteiger partial charge in [0.25, 0.3) is 0 Å². The number of aryl methyl sites for hydroxylation is 2. The van der Waals surface area contributed by atoms with Crippen molar-refractivity contribution in [2.75, 3.05) is 5.32 Å². The summed E-state index contributed by atoms with van der Waals surface area (Å²) in [5.74, 6) is -0.0334. The number of thiophene rings is 1. The topological polar surface area (TPSA) is 54.9 Å². The van der Waals surface area contributed by atoms with Crippen molar-refractivity contribution in [1.29, 1.82) is 0 Å². The Bertz CT molecular complexity index is 1170. The molecule has 0 aliphatic rings. The Morgan fingerprint density at radius 2 is 1.86 bits per heavy atom. The van der Waals surface area contributed by atoms with Gasteiger partial charge in [-0.15, -0.1) is 11.3 Å². The van der Waals surface area contributed by atoms with E-state index in [1.54, 1.807) is 17.7 Å². The van der Waals surface area contributed by atoms with E-state index in [2.05, 4.69) is 33.5 Å². The van der Waals surface area contributed by atoms with Gasteiger partial charge >= 0.3 is 0 Å². The maximum atomic E-state index is 12.8. The van der Waals surface area contributed by atoms with Gasteiger partial charge in [0.05, 0.1) is 5.25 Å². The van der Waals surface area contributed by atoms with Gasteiger partial charge in [-0.1, -0.05) is 54.2 Å². The Morgan fingerprint density at radius 1 is 1.07 bits per heavy atom. The number of amides is 1. The van der Waals surface area contributed by atoms with Crippen LogP contribution in [0.5, 0.6) is 0 Å². The lowest BCUT2D eigenvalue weighted by Gasteiger charge is -2.14. The fraction of sp³-hybridized carbons (Fsp3) is 0.174. The number of benzene rings is 2. The first kappa shape index (κ1) is 19.6. The molecule has 1 amide bonds. The number of hydrogen-bond acceptors (Lipinski definition) is 5. The summed E-state index contributed by atoms with van der Waals surface area (Å²) in [6.07, 6.45) is 1.57. The van der Waals surface area contributed by atoms with Crippen LogP contribution in [0.2, 0.25) is 0 Å². The van der Waals surface area contributed by atoms with Crippen LogP contribution < -0.4 is 5.32 Å². The van der Waals surface area contributed by atoms with Crippen LogP contribution in [0.15, 0.2) is 66.0 Å². The SMILES string of the molecule is Cc1ccc(C)c(NC(=O)[C@H](C)Sc2ncnc3sc(-c4ccccc4)cc23)c1. The number of aromatic nitrogens is 2. The highest BCUT2D eigenvalue weighted by Gasteiger charge is 2.19. The van der Waals surface area contributed by atoms with Gasteiger partial charge in [-0.2, -0.15) is 0 Å². The van der Waals surface area contributed by atoms with E-state index in [1.165, 1.54) is 11.8 Å². The minimum Gasteiger partial charge on any atom is -0.325 e. The largest absolute Gasteiger partial charge is 0.325 e. The summed E-state index contributed by atoms with van der Waals surface area (Å²) < 4.78 is 0. The third-order valence-electron chi connectivity index (χ3n) is 4.66. The molecule has 0 aliphatic carbocycles. The summed E-state index contributed by atoms with van der Waals surface area (Å²) in [6.45, 7) is 5.92. The fourth-order valence-electron chi connectivity index (χ4n) is 3.00. The van der Waals surface area contributed by atoms with Crippen molar-refractivity contribution >= 4 is 44.9 Å². The average Bonchev–Trinajstić information content (AvgIpc) is 3.17. The van der Waals surface area contributed by atoms with Crippen molar-refractivity contribution in [3.63, 3.8) is 0 Å². The molecule has 4 nitrogen and oxygen atoms in total. The summed E-state index contributed by atoms with van der Waals surface area (Å²) in [5.41, 5.74) is 4.19. The molecule has 0 saturated carbocycles. The molecular formula is C23H21N3OS2. The number of nitrogens with zero attached hydrogens (tertiary/aromatic N) is 2. The number of nitrogens with one attached hydrogen (secondary N) is 1. The van der Waals surface area contributed by atoms with E-state index < -0.39 is 0 Å². The van der Waals surface area contributed by atoms with E-state index in [0.29, 0.717) is 0 Å². The van der Waals surface area contributed by atoms with Crippen LogP contribution >= 0.6 is 23.1 Å². The lowest BCUT2D eigenvalue weighted by atomic mass is 10.1. The lowest BCUT2D eigenvalue weighted by Crippen LogP contribution is -2.23. The third kappa shape index (κ3) is 4.33. The first-order chi connectivity index (χ1) is 14.0. The molecule has 6 heteroatoms. The predicted molar refractivity (Wildman–Crippen MR) is 123 cm³/mol. The normalized spacial score (nSPS) is 12.1. The fourth-order valence-corrected chi connectivity index (χ4v) is 4.96. The Balaban J connectivity index is 1.56. The van der Waals surface area contributed by atoms with Crippen LogP contribution in [-0.2, 0) is 4.79 Å². The molecule has 0 aliphatic heterocycles. The van der Waals surface area contributed by atoms with Crippen molar-refractivity contribution in [2.24, 2.45) is 0 Å². The molecule has 2 aromatic heterocycles. The van der Waals surface area contributed by atoms with Crippen molar-refractivity contribution in [3.8, 4) is 10.4 Å². The smallest absolute Gasteiger partial charge is 0.237 e. The second-order valence-corrected chi connectivity index (χ2v) is 9.30. The van der Waals surface area contributed by atoms with Gasteiger partial charge in [0, 0.05) is 16.0 Å². The Morgan fingerprint density at radius 3 is 2.66 bits per heavy atom. The Kier molecular flexibility index (Phi) is 5.65. The van der Waals surface area contributed by atoms with Crippen molar-refractivity contribution in [3.05, 3.63) is 72.1 Å². The number of thioether (sulfide) groups is 1. The predicted octanol–water partition coefficient (Wildman–Crippen LogP) is 6.09. The highest BCUT2D eigenvalue weighted by atomic mass is 32.2. The molecule has 0 unspecified atom stereocenters. The van der Waals surface area contributed by atoms with Crippen LogP contribution in [0, 0.1) is 13.8 Å². The van der Waals surface area contributed by atoms with Crippen molar-refractivity contribution in [1.82, 2.24) is 9.97 Å². The molecule has 2 heterocycles. The average molecular weight is 420 g/mol. The third-order valence-corrected chi connectivity index (χ3v) is 6.87. The molecular weight excluding hydrogens is 398 g/mol. The lowest BCUT2D eigenvalue weighted by molar-refractivity contribution is -0.115. The Labute approximate surface area is 178 Å². The van der Waals surface area contributed by atoms with Gasteiger partial charge in [-0.25, -0.2) is 9.97 Å². The van der Waals surface area contributed by atoms with E-state index in [4.69, 9.17) is 0 Å². The number of hydrogen-bond donors (Lipinski definition) is 1. The van der Waals surface area contributed by atoms with Crippen LogP contribution in [0.1, 0.15) is 18.1 Å². The minimum atomic E-state index is -0.284. The van der Waals surface area contributed by atoms with E-state index in [-0.39, 0.29) is 11.2 Å². The van der Waals surface area contributed by atoms with Crippen LogP contribution in [0.25, 0.3) is 20.7 Å². The molecule has 0 bridgehead atoms. The molecule has 146 valence electrons. The zero-order valence-electron chi connectivity index (χ0n) is 16.5. The molecule has 0 spiro atoms. The molecule has 2 aromatic carbocycles. The standard InChI is InChI=1S/C23H21N3OS2/c1-14-9-10-15(2)19(11-14)26-21(27)16(3)28-22-18-12-20(17-7-5-4-6-8-17)29-23(18)25-13-24-22/h4-13,16H,1-3H3,(H,26,27)/t16-/m0/s1. The van der Waals surface area contributed by atoms with E-state index >= 15 is 0 Å². The molecule has 0 saturated heterocycles. The molecule has 4 rings (SSSR count). The minimum absolute atomic E-state index is 0.0334. The summed E-state index contributed by atoms with van der Waals surface area (Å²) in [6, 6.07) is 18.4. The van der Waals surface area contributed by atoms with E-state index in [9.17, 15) is 4.79 Å². The zero-order chi connectivity index (χ0) is 20.4. The monoisotopic (exact) mass is 419 g/mol.